The predicted octanol–water partition coefficient (Wildman–Crippen LogP) is 6.59. The number of carbonyl (C=O) groups is 2. The molecule has 2 aromatic heterocycles. The fourth-order valence-electron chi connectivity index (χ4n) is 3.60. The number of esters is 1. The fraction of sp³-hybridized carbons (Fsp3) is 0.483. The lowest BCUT2D eigenvalue weighted by molar-refractivity contribution is -0.144. The molecule has 0 aliphatic carbocycles. The number of nitrogens with one attached hydrogen (secondary N) is 2. The molecule has 3 aromatic rings. The van der Waals surface area contributed by atoms with Crippen LogP contribution < -0.4 is 16.4 Å². The summed E-state index contributed by atoms with van der Waals surface area (Å²) in [6.45, 7) is 10.4. The number of anilines is 2. The van der Waals surface area contributed by atoms with E-state index in [0.29, 0.717) is 17.2 Å². The molecule has 6 N–H and O–H groups in total. The molecule has 2 atom stereocenters. The number of carbonyl (C=O) groups excluding carboxylic acids is 1. The lowest BCUT2D eigenvalue weighted by Gasteiger charge is -2.17. The maximum atomic E-state index is 14.3. The Morgan fingerprint density at radius 2 is 1.77 bits per heavy atom. The van der Waals surface area contributed by atoms with E-state index < -0.39 is 59.2 Å². The molecule has 15 nitrogen and oxygen atoms in total. The third kappa shape index (κ3) is 15.2. The number of alkyl halides is 3. The molecule has 0 aliphatic heterocycles. The van der Waals surface area contributed by atoms with Crippen LogP contribution in [0.1, 0.15) is 57.1 Å². The van der Waals surface area contributed by atoms with Gasteiger partial charge in [0, 0.05) is 32.0 Å². The highest BCUT2D eigenvalue weighted by Gasteiger charge is 2.39. The Morgan fingerprint density at radius 1 is 1.19 bits per heavy atom. The second kappa shape index (κ2) is 19.5. The van der Waals surface area contributed by atoms with Gasteiger partial charge >= 0.3 is 18.1 Å². The minimum Gasteiger partial charge on any atom is -0.480 e. The van der Waals surface area contributed by atoms with Crippen molar-refractivity contribution < 1.29 is 46.5 Å². The third-order valence-electron chi connectivity index (χ3n) is 5.95. The van der Waals surface area contributed by atoms with Crippen LogP contribution in [0.2, 0.25) is 10.3 Å². The van der Waals surface area contributed by atoms with Gasteiger partial charge in [-0.05, 0) is 80.7 Å². The first-order valence-corrected chi connectivity index (χ1v) is 18.7. The number of benzene rings is 1. The van der Waals surface area contributed by atoms with Gasteiger partial charge in [0.2, 0.25) is 17.2 Å². The molecule has 3 rings (SSSR count). The summed E-state index contributed by atoms with van der Waals surface area (Å²) in [7, 11) is -2.02. The number of aryl methyl sites for hydroxylation is 1. The molecule has 0 aliphatic rings. The van der Waals surface area contributed by atoms with Gasteiger partial charge in [-0.15, -0.1) is 0 Å². The predicted molar refractivity (Wildman–Crippen MR) is 190 cm³/mol. The van der Waals surface area contributed by atoms with Crippen LogP contribution in [0.25, 0.3) is 11.3 Å². The fourth-order valence-corrected chi connectivity index (χ4v) is 5.51. The molecule has 0 radical (unpaired) electrons. The van der Waals surface area contributed by atoms with Gasteiger partial charge in [0.05, 0.1) is 27.2 Å². The Kier molecular flexibility index (Phi) is 17.4. The molecular weight excluding hydrogens is 828 g/mol. The van der Waals surface area contributed by atoms with Gasteiger partial charge in [-0.25, -0.2) is 9.18 Å². The van der Waals surface area contributed by atoms with Crippen molar-refractivity contribution in [3.8, 4) is 17.3 Å². The maximum Gasteiger partial charge on any atom is 0.434 e. The number of aromatic nitrogens is 5. The van der Waals surface area contributed by atoms with Crippen molar-refractivity contribution in [2.24, 2.45) is 12.8 Å². The zero-order valence-electron chi connectivity index (χ0n) is 28.8. The smallest absolute Gasteiger partial charge is 0.434 e. The van der Waals surface area contributed by atoms with E-state index in [2.05, 4.69) is 52.7 Å². The highest BCUT2D eigenvalue weighted by molar-refractivity contribution is 9.10. The van der Waals surface area contributed by atoms with Gasteiger partial charge < -0.3 is 31.1 Å². The molecular formula is C29H37BrCl2F4N9O6P. The van der Waals surface area contributed by atoms with E-state index in [1.807, 2.05) is 6.92 Å². The number of nitrogens with zero attached hydrogens (tertiary/aromatic N) is 6. The Morgan fingerprint density at radius 3 is 2.23 bits per heavy atom. The van der Waals surface area contributed by atoms with E-state index in [1.54, 1.807) is 27.7 Å². The quantitative estimate of drug-likeness (QED) is 0.0779. The monoisotopic (exact) mass is 863 g/mol. The summed E-state index contributed by atoms with van der Waals surface area (Å²) in [5, 5.41) is 26.5. The SMILES string of the molecule is CC(C)OC(=O)c1cc(-c2nn(C)c(C(F)(F)F)c2Br)c(F)cc1Cl.CCNc1nc(Cl)nc(NC(C)(C)C#N)n1.CP(=O)(O)CCC(N)C(=O)O. The number of aliphatic carboxylic acids is 1. The minimum atomic E-state index is -4.69. The average molecular weight is 865 g/mol. The normalized spacial score (nSPS) is 13.0. The summed E-state index contributed by atoms with van der Waals surface area (Å²) in [6, 6.07) is 2.91. The van der Waals surface area contributed by atoms with Crippen molar-refractivity contribution in [3.63, 3.8) is 0 Å². The molecule has 52 heavy (non-hydrogen) atoms. The number of rotatable bonds is 11. The molecule has 0 bridgehead atoms. The molecule has 23 heteroatoms. The number of carboxylic acids is 1. The molecule has 0 saturated carbocycles. The van der Waals surface area contributed by atoms with E-state index in [-0.39, 0.29) is 45.7 Å². The van der Waals surface area contributed by atoms with E-state index in [1.165, 1.54) is 6.66 Å². The number of nitrogens with two attached hydrogens (primary N) is 1. The van der Waals surface area contributed by atoms with Gasteiger partial charge in [0.25, 0.3) is 0 Å². The Labute approximate surface area is 314 Å². The first-order chi connectivity index (χ1) is 23.7. The molecule has 1 aromatic carbocycles. The van der Waals surface area contributed by atoms with E-state index >= 15 is 0 Å². The van der Waals surface area contributed by atoms with E-state index in [4.69, 9.17) is 48.9 Å². The first kappa shape index (κ1) is 46.4. The number of carboxylic acid groups (broad SMARTS) is 1. The van der Waals surface area contributed by atoms with E-state index in [0.717, 1.165) is 19.2 Å². The van der Waals surface area contributed by atoms with Gasteiger partial charge in [-0.2, -0.15) is 38.5 Å². The molecule has 0 fully saturated rings. The standard InChI is InChI=1S/C15H12BrClF4N2O2.C9H13ClN6.C5H12NO4P/c1-6(2)25-14(24)7-4-8(10(18)5-9(7)17)12-11(16)13(15(19,20)21)23(3)22-12;1-4-12-7-13-6(10)14-8(15-7)16-9(2,3)5-11;1-11(9,10)3-2-4(6)5(7)8/h4-6H,1-3H3;4H2,1-3H3,(H2,12,13,14,15,16);4H,2-3,6H2,1H3,(H,7,8)(H,9,10). The maximum absolute atomic E-state index is 14.3. The molecule has 0 amide bonds. The van der Waals surface area contributed by atoms with Crippen molar-refractivity contribution in [3.05, 3.63) is 44.0 Å². The van der Waals surface area contributed by atoms with Crippen LogP contribution in [0.15, 0.2) is 16.6 Å². The highest BCUT2D eigenvalue weighted by Crippen LogP contribution is 2.41. The van der Waals surface area contributed by atoms with Crippen molar-refractivity contribution in [1.82, 2.24) is 24.7 Å². The van der Waals surface area contributed by atoms with Crippen LogP contribution in [0.4, 0.5) is 29.5 Å². The van der Waals surface area contributed by atoms with Crippen LogP contribution >= 0.6 is 46.5 Å². The largest absolute Gasteiger partial charge is 0.480 e. The van der Waals surface area contributed by atoms with Crippen LogP contribution in [-0.2, 0) is 27.3 Å². The van der Waals surface area contributed by atoms with E-state index in [9.17, 15) is 31.7 Å². The van der Waals surface area contributed by atoms with Crippen molar-refractivity contribution in [2.45, 2.75) is 64.9 Å². The average Bonchev–Trinajstić information content (AvgIpc) is 3.29. The van der Waals surface area contributed by atoms with Crippen LogP contribution in [0.5, 0.6) is 0 Å². The Balaban J connectivity index is 0.000000429. The number of hydrogen-bond acceptors (Lipinski definition) is 12. The number of nitriles is 1. The van der Waals surface area contributed by atoms with Crippen LogP contribution in [0.3, 0.4) is 0 Å². The Hall–Kier alpha value is -3.60. The summed E-state index contributed by atoms with van der Waals surface area (Å²) >= 11 is 14.4. The highest BCUT2D eigenvalue weighted by atomic mass is 79.9. The molecule has 288 valence electrons. The number of hydrogen-bond donors (Lipinski definition) is 5. The lowest BCUT2D eigenvalue weighted by Crippen LogP contribution is -2.30. The van der Waals surface area contributed by atoms with Gasteiger partial charge in [-0.1, -0.05) is 11.6 Å². The number of ether oxygens (including phenoxy) is 1. The second-order valence-corrected chi connectivity index (χ2v) is 15.6. The topological polar surface area (TPSA) is 231 Å². The minimum absolute atomic E-state index is 0.0412. The zero-order valence-corrected chi connectivity index (χ0v) is 32.8. The van der Waals surface area contributed by atoms with Crippen LogP contribution in [0, 0.1) is 17.1 Å². The lowest BCUT2D eigenvalue weighted by atomic mass is 10.1. The summed E-state index contributed by atoms with van der Waals surface area (Å²) in [5.41, 5.74) is 2.48. The summed E-state index contributed by atoms with van der Waals surface area (Å²) in [4.78, 5) is 42.8. The molecule has 2 heterocycles. The van der Waals surface area contributed by atoms with Gasteiger partial charge in [0.1, 0.15) is 23.1 Å². The van der Waals surface area contributed by atoms with Crippen molar-refractivity contribution in [1.29, 1.82) is 5.26 Å². The van der Waals surface area contributed by atoms with Crippen molar-refractivity contribution in [2.75, 3.05) is 30.0 Å². The summed E-state index contributed by atoms with van der Waals surface area (Å²) in [6.07, 6.45) is -5.14. The number of halogens is 7. The van der Waals surface area contributed by atoms with Crippen molar-refractivity contribution >= 4 is 70.3 Å². The molecule has 0 saturated heterocycles. The molecule has 0 spiro atoms. The summed E-state index contributed by atoms with van der Waals surface area (Å²) < 4.78 is 69.3. The second-order valence-electron chi connectivity index (χ2n) is 11.6. The first-order valence-electron chi connectivity index (χ1n) is 14.9. The van der Waals surface area contributed by atoms with Crippen LogP contribution in [-0.4, -0.2) is 83.7 Å². The Bertz CT molecular complexity index is 1820. The molecule has 2 unspecified atom stereocenters. The summed E-state index contributed by atoms with van der Waals surface area (Å²) in [5.74, 6) is -2.21. The van der Waals surface area contributed by atoms with Gasteiger partial charge in [-0.3, -0.25) is 14.0 Å². The van der Waals surface area contributed by atoms with Gasteiger partial charge in [0.15, 0.2) is 13.1 Å². The zero-order chi connectivity index (χ0) is 40.4. The third-order valence-corrected chi connectivity index (χ3v) is 8.27.